The summed E-state index contributed by atoms with van der Waals surface area (Å²) in [5.41, 5.74) is 1.26. The van der Waals surface area contributed by atoms with Gasteiger partial charge in [-0.2, -0.15) is 4.98 Å². The summed E-state index contributed by atoms with van der Waals surface area (Å²) in [7, 11) is 0. The van der Waals surface area contributed by atoms with Crippen molar-refractivity contribution in [3.8, 4) is 0 Å². The number of nitrogens with one attached hydrogen (secondary N) is 1. The van der Waals surface area contributed by atoms with E-state index in [2.05, 4.69) is 53.6 Å². The van der Waals surface area contributed by atoms with Crippen LogP contribution in [0.4, 0.5) is 6.01 Å². The first kappa shape index (κ1) is 13.0. The van der Waals surface area contributed by atoms with Crippen molar-refractivity contribution in [2.24, 2.45) is 0 Å². The van der Waals surface area contributed by atoms with Crippen LogP contribution in [0.2, 0.25) is 0 Å². The second-order valence-electron chi connectivity index (χ2n) is 4.05. The predicted octanol–water partition coefficient (Wildman–Crippen LogP) is 3.49. The molecule has 4 nitrogen and oxygen atoms in total. The van der Waals surface area contributed by atoms with Crippen LogP contribution in [0.25, 0.3) is 0 Å². The van der Waals surface area contributed by atoms with E-state index in [9.17, 15) is 0 Å². The number of nitrogens with zero attached hydrogens (tertiary/aromatic N) is 2. The quantitative estimate of drug-likeness (QED) is 0.808. The number of thioether (sulfide) groups is 1. The number of anilines is 1. The second kappa shape index (κ2) is 6.44. The van der Waals surface area contributed by atoms with Crippen molar-refractivity contribution in [1.29, 1.82) is 0 Å². The predicted molar refractivity (Wildman–Crippen MR) is 73.8 cm³/mol. The topological polar surface area (TPSA) is 51.0 Å². The Balaban J connectivity index is 1.88. The average molecular weight is 263 g/mol. The van der Waals surface area contributed by atoms with E-state index in [1.807, 2.05) is 0 Å². The van der Waals surface area contributed by atoms with Gasteiger partial charge in [0.2, 0.25) is 0 Å². The van der Waals surface area contributed by atoms with Crippen molar-refractivity contribution in [1.82, 2.24) is 10.1 Å². The van der Waals surface area contributed by atoms with Crippen molar-refractivity contribution < 1.29 is 4.52 Å². The fourth-order valence-electron chi connectivity index (χ4n) is 1.47. The van der Waals surface area contributed by atoms with Crippen LogP contribution >= 0.6 is 11.8 Å². The lowest BCUT2D eigenvalue weighted by atomic mass is 10.2. The molecule has 0 unspecified atom stereocenters. The summed E-state index contributed by atoms with van der Waals surface area (Å²) < 4.78 is 5.09. The van der Waals surface area contributed by atoms with Crippen LogP contribution in [0.15, 0.2) is 33.7 Å². The molecule has 0 bridgehead atoms. The molecule has 5 heteroatoms. The highest BCUT2D eigenvalue weighted by atomic mass is 32.2. The first-order valence-corrected chi connectivity index (χ1v) is 7.02. The van der Waals surface area contributed by atoms with Crippen LogP contribution in [0.5, 0.6) is 0 Å². The molecule has 0 atom stereocenters. The summed E-state index contributed by atoms with van der Waals surface area (Å²) >= 11 is 1.71. The Bertz CT molecular complexity index is 498. The van der Waals surface area contributed by atoms with Crippen molar-refractivity contribution in [3.05, 3.63) is 35.7 Å². The number of rotatable bonds is 6. The molecule has 96 valence electrons. The van der Waals surface area contributed by atoms with E-state index in [0.29, 0.717) is 6.01 Å². The minimum Gasteiger partial charge on any atom is -0.338 e. The molecule has 0 radical (unpaired) electrons. The molecule has 2 aromatic rings. The molecule has 0 aliphatic carbocycles. The van der Waals surface area contributed by atoms with E-state index < -0.39 is 0 Å². The van der Waals surface area contributed by atoms with Gasteiger partial charge in [-0.15, -0.1) is 11.8 Å². The summed E-state index contributed by atoms with van der Waals surface area (Å²) in [5, 5.41) is 7.01. The maximum atomic E-state index is 5.09. The summed E-state index contributed by atoms with van der Waals surface area (Å²) in [4.78, 5) is 5.50. The molecule has 0 aliphatic rings. The Morgan fingerprint density at radius 3 is 3.06 bits per heavy atom. The van der Waals surface area contributed by atoms with Gasteiger partial charge in [0.15, 0.2) is 5.82 Å². The van der Waals surface area contributed by atoms with Crippen molar-refractivity contribution in [2.45, 2.75) is 30.9 Å². The average Bonchev–Trinajstić information content (AvgIpc) is 2.82. The Hall–Kier alpha value is -1.49. The van der Waals surface area contributed by atoms with Crippen LogP contribution in [-0.4, -0.2) is 16.7 Å². The smallest absolute Gasteiger partial charge is 0.321 e. The summed E-state index contributed by atoms with van der Waals surface area (Å²) in [5.74, 6) is 1.45. The first-order valence-electron chi connectivity index (χ1n) is 6.04. The number of hydrogen-bond acceptors (Lipinski definition) is 5. The third-order valence-electron chi connectivity index (χ3n) is 2.35. The fraction of sp³-hybridized carbons (Fsp3) is 0.385. The van der Waals surface area contributed by atoms with E-state index in [-0.39, 0.29) is 0 Å². The first-order chi connectivity index (χ1) is 8.78. The molecule has 1 N–H and O–H groups in total. The SMILES string of the molecule is CCCNc1nc(CSc2cccc(C)c2)no1. The molecule has 0 amide bonds. The maximum Gasteiger partial charge on any atom is 0.321 e. The van der Waals surface area contributed by atoms with Gasteiger partial charge in [-0.3, -0.25) is 0 Å². The minimum atomic E-state index is 0.511. The third-order valence-corrected chi connectivity index (χ3v) is 3.34. The number of hydrogen-bond donors (Lipinski definition) is 1. The lowest BCUT2D eigenvalue weighted by Gasteiger charge is -1.99. The van der Waals surface area contributed by atoms with Gasteiger partial charge >= 0.3 is 6.01 Å². The molecular weight excluding hydrogens is 246 g/mol. The highest BCUT2D eigenvalue weighted by Crippen LogP contribution is 2.22. The van der Waals surface area contributed by atoms with Gasteiger partial charge in [-0.25, -0.2) is 0 Å². The molecule has 0 spiro atoms. The Morgan fingerprint density at radius 2 is 2.28 bits per heavy atom. The number of benzene rings is 1. The normalized spacial score (nSPS) is 10.6. The molecule has 1 aromatic heterocycles. The number of aromatic nitrogens is 2. The van der Waals surface area contributed by atoms with E-state index in [1.165, 1.54) is 10.5 Å². The summed E-state index contributed by atoms with van der Waals surface area (Å²) in [6, 6.07) is 8.90. The fourth-order valence-corrected chi connectivity index (χ4v) is 2.33. The van der Waals surface area contributed by atoms with Crippen LogP contribution in [0, 0.1) is 6.92 Å². The second-order valence-corrected chi connectivity index (χ2v) is 5.10. The van der Waals surface area contributed by atoms with Crippen LogP contribution in [0.1, 0.15) is 24.7 Å². The lowest BCUT2D eigenvalue weighted by Crippen LogP contribution is -1.99. The monoisotopic (exact) mass is 263 g/mol. The summed E-state index contributed by atoms with van der Waals surface area (Å²) in [6.07, 6.45) is 1.04. The number of aryl methyl sites for hydroxylation is 1. The van der Waals surface area contributed by atoms with Crippen LogP contribution < -0.4 is 5.32 Å². The molecule has 1 heterocycles. The van der Waals surface area contributed by atoms with Gasteiger partial charge in [0.05, 0.1) is 5.75 Å². The lowest BCUT2D eigenvalue weighted by molar-refractivity contribution is 0.425. The van der Waals surface area contributed by atoms with Crippen molar-refractivity contribution >= 4 is 17.8 Å². The standard InChI is InChI=1S/C13H17N3OS/c1-3-7-14-13-15-12(16-17-13)9-18-11-6-4-5-10(2)8-11/h4-6,8H,3,7,9H2,1-2H3,(H,14,15,16). The van der Waals surface area contributed by atoms with E-state index in [0.717, 1.165) is 24.5 Å². The molecule has 1 aromatic carbocycles. The van der Waals surface area contributed by atoms with Gasteiger partial charge in [0.25, 0.3) is 0 Å². The van der Waals surface area contributed by atoms with E-state index in [4.69, 9.17) is 4.52 Å². The zero-order valence-electron chi connectivity index (χ0n) is 10.6. The zero-order chi connectivity index (χ0) is 12.8. The van der Waals surface area contributed by atoms with Gasteiger partial charge in [-0.05, 0) is 25.5 Å². The third kappa shape index (κ3) is 3.77. The molecule has 0 aliphatic heterocycles. The largest absolute Gasteiger partial charge is 0.338 e. The van der Waals surface area contributed by atoms with Gasteiger partial charge in [-0.1, -0.05) is 29.8 Å². The summed E-state index contributed by atoms with van der Waals surface area (Å²) in [6.45, 7) is 5.04. The molecule has 2 rings (SSSR count). The molecule has 0 saturated carbocycles. The highest BCUT2D eigenvalue weighted by molar-refractivity contribution is 7.98. The van der Waals surface area contributed by atoms with Gasteiger partial charge in [0, 0.05) is 11.4 Å². The molecule has 18 heavy (non-hydrogen) atoms. The van der Waals surface area contributed by atoms with Crippen molar-refractivity contribution in [3.63, 3.8) is 0 Å². The Morgan fingerprint density at radius 1 is 1.39 bits per heavy atom. The maximum absolute atomic E-state index is 5.09. The molecular formula is C13H17N3OS. The highest BCUT2D eigenvalue weighted by Gasteiger charge is 2.05. The van der Waals surface area contributed by atoms with E-state index >= 15 is 0 Å². The Kier molecular flexibility index (Phi) is 4.64. The van der Waals surface area contributed by atoms with E-state index in [1.54, 1.807) is 11.8 Å². The van der Waals surface area contributed by atoms with Gasteiger partial charge in [0.1, 0.15) is 0 Å². The van der Waals surface area contributed by atoms with Gasteiger partial charge < -0.3 is 9.84 Å². The van der Waals surface area contributed by atoms with Crippen LogP contribution in [0.3, 0.4) is 0 Å². The van der Waals surface area contributed by atoms with Crippen molar-refractivity contribution in [2.75, 3.05) is 11.9 Å². The Labute approximate surface area is 111 Å². The molecule has 0 fully saturated rings. The minimum absolute atomic E-state index is 0.511. The molecule has 0 saturated heterocycles. The van der Waals surface area contributed by atoms with Crippen LogP contribution in [-0.2, 0) is 5.75 Å². The zero-order valence-corrected chi connectivity index (χ0v) is 11.5.